The minimum absolute atomic E-state index is 0.0132. The van der Waals surface area contributed by atoms with Crippen LogP contribution in [0.4, 0.5) is 10.7 Å². The van der Waals surface area contributed by atoms with Gasteiger partial charge in [0.25, 0.3) is 11.2 Å². The predicted molar refractivity (Wildman–Crippen MR) is 117 cm³/mol. The number of non-ortho nitro benzene ring substituents is 1. The Kier molecular flexibility index (Phi) is 6.95. The van der Waals surface area contributed by atoms with Crippen LogP contribution in [0.2, 0.25) is 0 Å². The van der Waals surface area contributed by atoms with Gasteiger partial charge in [0.05, 0.1) is 11.5 Å². The summed E-state index contributed by atoms with van der Waals surface area (Å²) in [4.78, 5) is 60.6. The molecule has 11 nitrogen and oxygen atoms in total. The number of H-pyrrole nitrogens is 1. The van der Waals surface area contributed by atoms with Crippen molar-refractivity contribution in [2.75, 3.05) is 11.9 Å². The second kappa shape index (κ2) is 9.83. The zero-order chi connectivity index (χ0) is 23.3. The van der Waals surface area contributed by atoms with E-state index in [0.29, 0.717) is 11.1 Å². The van der Waals surface area contributed by atoms with E-state index in [1.54, 1.807) is 18.4 Å². The zero-order valence-corrected chi connectivity index (χ0v) is 17.6. The standard InChI is InChI=1S/C20H18N4O7S/c1-2-31-19(27)17-14(12-4-3-5-13(10-12)24(29)30)11-32-18(17)21-15(25)6-8-23-9-7-16(26)22-20(23)28/h3-5,7,9-11H,2,6,8H2,1H3,(H,21,25)(H,22,26,28). The van der Waals surface area contributed by atoms with Gasteiger partial charge in [-0.1, -0.05) is 12.1 Å². The van der Waals surface area contributed by atoms with Crippen LogP contribution in [-0.4, -0.2) is 33.0 Å². The molecule has 0 fully saturated rings. The monoisotopic (exact) mass is 458 g/mol. The van der Waals surface area contributed by atoms with Crippen molar-refractivity contribution in [3.63, 3.8) is 0 Å². The molecule has 0 saturated heterocycles. The average Bonchev–Trinajstić information content (AvgIpc) is 3.17. The summed E-state index contributed by atoms with van der Waals surface area (Å²) in [5.41, 5.74) is -0.404. The number of nitrogens with zero attached hydrogens (tertiary/aromatic N) is 2. The van der Waals surface area contributed by atoms with Crippen LogP contribution in [-0.2, 0) is 16.1 Å². The van der Waals surface area contributed by atoms with Gasteiger partial charge >= 0.3 is 11.7 Å². The predicted octanol–water partition coefficient (Wildman–Crippen LogP) is 2.38. The molecule has 0 saturated carbocycles. The molecular weight excluding hydrogens is 440 g/mol. The lowest BCUT2D eigenvalue weighted by Crippen LogP contribution is -2.29. The number of hydrogen-bond acceptors (Lipinski definition) is 8. The number of nitro groups is 1. The SMILES string of the molecule is CCOC(=O)c1c(-c2cccc([N+](=O)[O-])c2)csc1NC(=O)CCn1ccc(=O)[nH]c1=O. The Balaban J connectivity index is 1.86. The number of rotatable bonds is 8. The number of amides is 1. The maximum atomic E-state index is 12.6. The molecule has 3 rings (SSSR count). The van der Waals surface area contributed by atoms with Crippen molar-refractivity contribution in [2.45, 2.75) is 19.9 Å². The molecule has 2 heterocycles. The van der Waals surface area contributed by atoms with Crippen LogP contribution < -0.4 is 16.6 Å². The third-order valence-electron chi connectivity index (χ3n) is 4.37. The van der Waals surface area contributed by atoms with Gasteiger partial charge in [0.2, 0.25) is 5.91 Å². The van der Waals surface area contributed by atoms with Crippen molar-refractivity contribution in [3.8, 4) is 11.1 Å². The molecular formula is C20H18N4O7S. The van der Waals surface area contributed by atoms with Gasteiger partial charge in [-0.3, -0.25) is 24.7 Å². The van der Waals surface area contributed by atoms with Crippen molar-refractivity contribution in [3.05, 3.63) is 78.4 Å². The van der Waals surface area contributed by atoms with E-state index in [0.717, 1.165) is 11.3 Å². The Morgan fingerprint density at radius 3 is 2.75 bits per heavy atom. The van der Waals surface area contributed by atoms with Gasteiger partial charge in [0, 0.05) is 48.3 Å². The number of aryl methyl sites for hydroxylation is 1. The van der Waals surface area contributed by atoms with Crippen LogP contribution in [0.3, 0.4) is 0 Å². The maximum Gasteiger partial charge on any atom is 0.341 e. The van der Waals surface area contributed by atoms with Gasteiger partial charge in [-0.25, -0.2) is 9.59 Å². The number of aromatic amines is 1. The largest absolute Gasteiger partial charge is 0.462 e. The number of carbonyl (C=O) groups is 2. The van der Waals surface area contributed by atoms with E-state index in [4.69, 9.17) is 4.74 Å². The summed E-state index contributed by atoms with van der Waals surface area (Å²) < 4.78 is 6.28. The lowest BCUT2D eigenvalue weighted by atomic mass is 10.0. The van der Waals surface area contributed by atoms with E-state index in [9.17, 15) is 29.3 Å². The number of esters is 1. The first-order valence-corrected chi connectivity index (χ1v) is 10.3. The number of aromatic nitrogens is 2. The highest BCUT2D eigenvalue weighted by Gasteiger charge is 2.23. The van der Waals surface area contributed by atoms with E-state index < -0.39 is 28.0 Å². The normalized spacial score (nSPS) is 10.5. The highest BCUT2D eigenvalue weighted by Crippen LogP contribution is 2.37. The molecule has 0 bridgehead atoms. The summed E-state index contributed by atoms with van der Waals surface area (Å²) in [6.45, 7) is 1.75. The highest BCUT2D eigenvalue weighted by molar-refractivity contribution is 7.15. The molecule has 0 aliphatic heterocycles. The summed E-state index contributed by atoms with van der Waals surface area (Å²) in [6, 6.07) is 6.95. The summed E-state index contributed by atoms with van der Waals surface area (Å²) in [5, 5.41) is 15.6. The molecule has 2 aromatic heterocycles. The van der Waals surface area contributed by atoms with E-state index in [1.165, 1.54) is 35.0 Å². The van der Waals surface area contributed by atoms with E-state index in [1.807, 2.05) is 0 Å². The van der Waals surface area contributed by atoms with E-state index >= 15 is 0 Å². The van der Waals surface area contributed by atoms with E-state index in [-0.39, 0.29) is 35.8 Å². The Labute approximate surface area is 184 Å². The number of anilines is 1. The van der Waals surface area contributed by atoms with Gasteiger partial charge in [-0.15, -0.1) is 11.3 Å². The topological polar surface area (TPSA) is 153 Å². The van der Waals surface area contributed by atoms with Crippen molar-refractivity contribution in [1.82, 2.24) is 9.55 Å². The molecule has 32 heavy (non-hydrogen) atoms. The summed E-state index contributed by atoms with van der Waals surface area (Å²) in [5.74, 6) is -1.15. The molecule has 12 heteroatoms. The number of nitro benzene ring substituents is 1. The molecule has 0 radical (unpaired) electrons. The maximum absolute atomic E-state index is 12.6. The molecule has 0 atom stereocenters. The zero-order valence-electron chi connectivity index (χ0n) is 16.8. The Morgan fingerprint density at radius 1 is 1.28 bits per heavy atom. The summed E-state index contributed by atoms with van der Waals surface area (Å²) >= 11 is 1.08. The second-order valence-electron chi connectivity index (χ2n) is 6.48. The van der Waals surface area contributed by atoms with Gasteiger partial charge in [-0.2, -0.15) is 0 Å². The number of benzene rings is 1. The molecule has 0 aliphatic rings. The minimum Gasteiger partial charge on any atom is -0.462 e. The number of nitrogens with one attached hydrogen (secondary N) is 2. The lowest BCUT2D eigenvalue weighted by Gasteiger charge is -2.09. The van der Waals surface area contributed by atoms with Crippen LogP contribution in [0.15, 0.2) is 51.5 Å². The third kappa shape index (κ3) is 5.16. The first-order chi connectivity index (χ1) is 15.3. The molecule has 1 aromatic carbocycles. The summed E-state index contributed by atoms with van der Waals surface area (Å²) in [6.07, 6.45) is 1.18. The van der Waals surface area contributed by atoms with Crippen LogP contribution >= 0.6 is 11.3 Å². The molecule has 0 aliphatic carbocycles. The average molecular weight is 458 g/mol. The van der Waals surface area contributed by atoms with Crippen molar-refractivity contribution in [2.24, 2.45) is 0 Å². The number of ether oxygens (including phenoxy) is 1. The number of thiophene rings is 1. The first-order valence-electron chi connectivity index (χ1n) is 9.43. The molecule has 2 N–H and O–H groups in total. The molecule has 166 valence electrons. The fourth-order valence-electron chi connectivity index (χ4n) is 2.89. The Bertz CT molecular complexity index is 1290. The molecule has 3 aromatic rings. The van der Waals surface area contributed by atoms with Gasteiger partial charge in [0.1, 0.15) is 10.6 Å². The van der Waals surface area contributed by atoms with Crippen molar-refractivity contribution in [1.29, 1.82) is 0 Å². The van der Waals surface area contributed by atoms with Gasteiger partial charge < -0.3 is 14.6 Å². The van der Waals surface area contributed by atoms with Gasteiger partial charge in [0.15, 0.2) is 0 Å². The fourth-order valence-corrected chi connectivity index (χ4v) is 3.86. The number of hydrogen-bond donors (Lipinski definition) is 2. The summed E-state index contributed by atoms with van der Waals surface area (Å²) in [7, 11) is 0. The third-order valence-corrected chi connectivity index (χ3v) is 5.26. The van der Waals surface area contributed by atoms with Crippen LogP contribution in [0.25, 0.3) is 11.1 Å². The lowest BCUT2D eigenvalue weighted by molar-refractivity contribution is -0.384. The van der Waals surface area contributed by atoms with Crippen LogP contribution in [0, 0.1) is 10.1 Å². The molecule has 0 spiro atoms. The van der Waals surface area contributed by atoms with E-state index in [2.05, 4.69) is 10.3 Å². The second-order valence-corrected chi connectivity index (χ2v) is 7.36. The molecule has 0 unspecified atom stereocenters. The van der Waals surface area contributed by atoms with Crippen molar-refractivity contribution >= 4 is 33.9 Å². The molecule has 1 amide bonds. The smallest absolute Gasteiger partial charge is 0.341 e. The highest BCUT2D eigenvalue weighted by atomic mass is 32.1. The fraction of sp³-hybridized carbons (Fsp3) is 0.200. The Morgan fingerprint density at radius 2 is 2.06 bits per heavy atom. The minimum atomic E-state index is -0.678. The van der Waals surface area contributed by atoms with Crippen molar-refractivity contribution < 1.29 is 19.2 Å². The van der Waals surface area contributed by atoms with Gasteiger partial charge in [-0.05, 0) is 12.5 Å². The Hall–Kier alpha value is -4.06. The number of carbonyl (C=O) groups excluding carboxylic acids is 2. The quantitative estimate of drug-likeness (QED) is 0.298. The first kappa shape index (κ1) is 22.6. The van der Waals surface area contributed by atoms with Crippen LogP contribution in [0.1, 0.15) is 23.7 Å². The van der Waals surface area contributed by atoms with Crippen LogP contribution in [0.5, 0.6) is 0 Å².